The van der Waals surface area contributed by atoms with Crippen LogP contribution in [0.3, 0.4) is 0 Å². The summed E-state index contributed by atoms with van der Waals surface area (Å²) in [6.45, 7) is 0. The molecule has 3 rings (SSSR count). The Bertz CT molecular complexity index is 961. The lowest BCUT2D eigenvalue weighted by Crippen LogP contribution is -2.19. The number of anilines is 1. The predicted molar refractivity (Wildman–Crippen MR) is 98.3 cm³/mol. The van der Waals surface area contributed by atoms with Crippen LogP contribution in [-0.2, 0) is 0 Å². The maximum Gasteiger partial charge on any atom is 0.274 e. The Morgan fingerprint density at radius 3 is 2.38 bits per heavy atom. The van der Waals surface area contributed by atoms with E-state index >= 15 is 0 Å². The SMILES string of the molecule is O=C(NO)c1cccc(C(=O)Nc2ccc(Cl)c(-c3ccccn3)c2)c1. The Labute approximate surface area is 154 Å². The molecule has 0 saturated carbocycles. The average molecular weight is 368 g/mol. The summed E-state index contributed by atoms with van der Waals surface area (Å²) in [4.78, 5) is 28.2. The van der Waals surface area contributed by atoms with Gasteiger partial charge in [-0.1, -0.05) is 23.7 Å². The standard InChI is InChI=1S/C19H14ClN3O3/c20-16-8-7-14(11-15(16)17-6-1-2-9-21-17)22-18(24)12-4-3-5-13(10-12)19(25)23-26/h1-11,26H,(H,22,24)(H,23,25). The molecule has 0 atom stereocenters. The van der Waals surface area contributed by atoms with Crippen molar-refractivity contribution in [1.29, 1.82) is 0 Å². The molecule has 0 fully saturated rings. The lowest BCUT2D eigenvalue weighted by atomic mass is 10.1. The summed E-state index contributed by atoms with van der Waals surface area (Å²) in [7, 11) is 0. The van der Waals surface area contributed by atoms with Crippen LogP contribution in [0.5, 0.6) is 0 Å². The van der Waals surface area contributed by atoms with Crippen molar-refractivity contribution < 1.29 is 14.8 Å². The van der Waals surface area contributed by atoms with Crippen molar-refractivity contribution in [3.05, 3.63) is 83.0 Å². The molecule has 0 aliphatic carbocycles. The molecule has 0 bridgehead atoms. The fourth-order valence-corrected chi connectivity index (χ4v) is 2.61. The number of hydrogen-bond acceptors (Lipinski definition) is 4. The molecule has 2 amide bonds. The molecule has 0 aliphatic heterocycles. The Morgan fingerprint density at radius 1 is 0.923 bits per heavy atom. The first-order chi connectivity index (χ1) is 12.6. The molecule has 7 heteroatoms. The molecular weight excluding hydrogens is 354 g/mol. The summed E-state index contributed by atoms with van der Waals surface area (Å²) < 4.78 is 0. The molecule has 130 valence electrons. The number of pyridine rings is 1. The van der Waals surface area contributed by atoms with Gasteiger partial charge in [0.1, 0.15) is 0 Å². The number of amides is 2. The molecule has 0 saturated heterocycles. The summed E-state index contributed by atoms with van der Waals surface area (Å²) in [5.41, 5.74) is 3.91. The third kappa shape index (κ3) is 3.88. The van der Waals surface area contributed by atoms with Crippen LogP contribution in [0.1, 0.15) is 20.7 Å². The Hall–Kier alpha value is -3.22. The van der Waals surface area contributed by atoms with Gasteiger partial charge in [-0.25, -0.2) is 5.48 Å². The molecule has 0 spiro atoms. The lowest BCUT2D eigenvalue weighted by molar-refractivity contribution is 0.0706. The second-order valence-electron chi connectivity index (χ2n) is 5.39. The number of halogens is 1. The number of nitrogens with zero attached hydrogens (tertiary/aromatic N) is 1. The first kappa shape index (κ1) is 17.6. The van der Waals surface area contributed by atoms with Crippen molar-refractivity contribution in [2.45, 2.75) is 0 Å². The van der Waals surface area contributed by atoms with Crippen LogP contribution >= 0.6 is 11.6 Å². The molecule has 3 N–H and O–H groups in total. The summed E-state index contributed by atoms with van der Waals surface area (Å²) >= 11 is 6.24. The third-order valence-electron chi connectivity index (χ3n) is 3.65. The van der Waals surface area contributed by atoms with E-state index in [0.29, 0.717) is 22.0 Å². The van der Waals surface area contributed by atoms with Crippen LogP contribution in [0, 0.1) is 0 Å². The summed E-state index contributed by atoms with van der Waals surface area (Å²) in [5.74, 6) is -1.09. The van der Waals surface area contributed by atoms with Gasteiger partial charge in [-0.2, -0.15) is 0 Å². The van der Waals surface area contributed by atoms with E-state index in [0.717, 1.165) is 0 Å². The second kappa shape index (κ2) is 7.77. The zero-order valence-corrected chi connectivity index (χ0v) is 14.2. The van der Waals surface area contributed by atoms with Crippen molar-refractivity contribution in [2.24, 2.45) is 0 Å². The molecule has 2 aromatic carbocycles. The minimum atomic E-state index is -0.691. The van der Waals surface area contributed by atoms with Crippen molar-refractivity contribution in [3.8, 4) is 11.3 Å². The minimum absolute atomic E-state index is 0.172. The Morgan fingerprint density at radius 2 is 1.69 bits per heavy atom. The molecule has 1 aromatic heterocycles. The van der Waals surface area contributed by atoms with E-state index in [9.17, 15) is 9.59 Å². The zero-order valence-electron chi connectivity index (χ0n) is 13.4. The summed E-state index contributed by atoms with van der Waals surface area (Å²) in [5, 5.41) is 12.0. The maximum absolute atomic E-state index is 12.5. The first-order valence-electron chi connectivity index (χ1n) is 7.65. The van der Waals surface area contributed by atoms with Crippen LogP contribution in [0.2, 0.25) is 5.02 Å². The largest absolute Gasteiger partial charge is 0.322 e. The van der Waals surface area contributed by atoms with E-state index in [-0.39, 0.29) is 11.1 Å². The monoisotopic (exact) mass is 367 g/mol. The van der Waals surface area contributed by atoms with Crippen LogP contribution in [0.15, 0.2) is 66.9 Å². The number of hydroxylamine groups is 1. The highest BCUT2D eigenvalue weighted by Crippen LogP contribution is 2.29. The number of rotatable bonds is 4. The molecule has 1 heterocycles. The van der Waals surface area contributed by atoms with E-state index in [1.54, 1.807) is 42.6 Å². The van der Waals surface area contributed by atoms with E-state index in [2.05, 4.69) is 10.3 Å². The van der Waals surface area contributed by atoms with Crippen LogP contribution in [0.4, 0.5) is 5.69 Å². The van der Waals surface area contributed by atoms with Gasteiger partial charge in [-0.3, -0.25) is 19.8 Å². The normalized spacial score (nSPS) is 10.2. The van der Waals surface area contributed by atoms with Gasteiger partial charge in [0, 0.05) is 28.6 Å². The number of nitrogens with one attached hydrogen (secondary N) is 2. The van der Waals surface area contributed by atoms with Crippen LogP contribution in [-0.4, -0.2) is 22.0 Å². The van der Waals surface area contributed by atoms with E-state index < -0.39 is 11.8 Å². The van der Waals surface area contributed by atoms with Gasteiger partial charge >= 0.3 is 0 Å². The summed E-state index contributed by atoms with van der Waals surface area (Å²) in [6.07, 6.45) is 1.66. The van der Waals surface area contributed by atoms with E-state index in [1.165, 1.54) is 17.6 Å². The smallest absolute Gasteiger partial charge is 0.274 e. The highest BCUT2D eigenvalue weighted by molar-refractivity contribution is 6.33. The number of aromatic nitrogens is 1. The molecule has 0 unspecified atom stereocenters. The first-order valence-corrected chi connectivity index (χ1v) is 8.03. The minimum Gasteiger partial charge on any atom is -0.322 e. The lowest BCUT2D eigenvalue weighted by Gasteiger charge is -2.10. The van der Waals surface area contributed by atoms with Crippen LogP contribution < -0.4 is 10.8 Å². The zero-order chi connectivity index (χ0) is 18.5. The predicted octanol–water partition coefficient (Wildman–Crippen LogP) is 3.77. The topological polar surface area (TPSA) is 91.3 Å². The Balaban J connectivity index is 1.85. The maximum atomic E-state index is 12.5. The molecule has 3 aromatic rings. The number of benzene rings is 2. The van der Waals surface area contributed by atoms with E-state index in [1.807, 2.05) is 12.1 Å². The van der Waals surface area contributed by atoms with Gasteiger partial charge < -0.3 is 5.32 Å². The van der Waals surface area contributed by atoms with Gasteiger partial charge in [0.25, 0.3) is 11.8 Å². The van der Waals surface area contributed by atoms with Gasteiger partial charge in [-0.15, -0.1) is 0 Å². The number of carbonyl (C=O) groups excluding carboxylic acids is 2. The van der Waals surface area contributed by atoms with Crippen molar-refractivity contribution in [2.75, 3.05) is 5.32 Å². The van der Waals surface area contributed by atoms with Crippen molar-refractivity contribution in [3.63, 3.8) is 0 Å². The molecule has 0 aliphatic rings. The van der Waals surface area contributed by atoms with Gasteiger partial charge in [-0.05, 0) is 48.5 Å². The molecule has 26 heavy (non-hydrogen) atoms. The fourth-order valence-electron chi connectivity index (χ4n) is 2.39. The number of hydrogen-bond donors (Lipinski definition) is 3. The fraction of sp³-hybridized carbons (Fsp3) is 0. The van der Waals surface area contributed by atoms with Crippen LogP contribution in [0.25, 0.3) is 11.3 Å². The number of carbonyl (C=O) groups is 2. The quantitative estimate of drug-likeness (QED) is 0.483. The second-order valence-corrected chi connectivity index (χ2v) is 5.79. The third-order valence-corrected chi connectivity index (χ3v) is 3.98. The van der Waals surface area contributed by atoms with Gasteiger partial charge in [0.05, 0.1) is 10.7 Å². The highest BCUT2D eigenvalue weighted by atomic mass is 35.5. The Kier molecular flexibility index (Phi) is 5.26. The molecular formula is C19H14ClN3O3. The summed E-state index contributed by atoms with van der Waals surface area (Å²) in [6, 6.07) is 16.6. The van der Waals surface area contributed by atoms with E-state index in [4.69, 9.17) is 16.8 Å². The van der Waals surface area contributed by atoms with Crippen molar-refractivity contribution in [1.82, 2.24) is 10.5 Å². The van der Waals surface area contributed by atoms with Crippen molar-refractivity contribution >= 4 is 29.1 Å². The van der Waals surface area contributed by atoms with Gasteiger partial charge in [0.2, 0.25) is 0 Å². The molecule has 0 radical (unpaired) electrons. The molecule has 6 nitrogen and oxygen atoms in total. The van der Waals surface area contributed by atoms with Gasteiger partial charge in [0.15, 0.2) is 0 Å². The average Bonchev–Trinajstić information content (AvgIpc) is 2.69. The highest BCUT2D eigenvalue weighted by Gasteiger charge is 2.12.